The molecule has 1 aliphatic carbocycles. The van der Waals surface area contributed by atoms with Crippen LogP contribution in [0.1, 0.15) is 154 Å². The fourth-order valence-electron chi connectivity index (χ4n) is 10.9. The van der Waals surface area contributed by atoms with Crippen LogP contribution in [0, 0.1) is 22.6 Å². The van der Waals surface area contributed by atoms with Crippen molar-refractivity contribution >= 4 is 35.4 Å². The molecule has 19 heteroatoms. The first-order valence-electron chi connectivity index (χ1n) is 28.0. The van der Waals surface area contributed by atoms with Gasteiger partial charge in [-0.3, -0.25) is 28.7 Å². The lowest BCUT2D eigenvalue weighted by molar-refractivity contribution is -0.147. The Morgan fingerprint density at radius 1 is 0.963 bits per heavy atom. The predicted octanol–water partition coefficient (Wildman–Crippen LogP) is 7.78. The summed E-state index contributed by atoms with van der Waals surface area (Å²) in [7, 11) is 3.32. The van der Waals surface area contributed by atoms with E-state index in [1.54, 1.807) is 43.6 Å². The number of nitrogen functional groups attached to an aromatic ring is 1. The lowest BCUT2D eigenvalue weighted by Crippen LogP contribution is -2.62. The number of aryl methyl sites for hydroxylation is 1. The molecule has 0 saturated heterocycles. The number of nitrogens with zero attached hydrogens (tertiary/aromatic N) is 6. The van der Waals surface area contributed by atoms with E-state index in [1.807, 2.05) is 51.1 Å². The van der Waals surface area contributed by atoms with Crippen molar-refractivity contribution in [3.63, 3.8) is 0 Å². The Kier molecular flexibility index (Phi) is 18.9. The molecule has 80 heavy (non-hydrogen) atoms. The van der Waals surface area contributed by atoms with E-state index in [0.29, 0.717) is 54.0 Å². The number of hydrogen-bond acceptors (Lipinski definition) is 12. The van der Waals surface area contributed by atoms with E-state index >= 15 is 0 Å². The molecule has 0 radical (unpaired) electrons. The number of nitrogens with one attached hydrogen (secondary N) is 4. The number of halogens is 1. The van der Waals surface area contributed by atoms with Gasteiger partial charge in [0.1, 0.15) is 35.8 Å². The molecule has 0 spiro atoms. The molecule has 18 nitrogen and oxygen atoms in total. The molecular weight excluding hydrogens is 1020 g/mol. The Labute approximate surface area is 468 Å². The van der Waals surface area contributed by atoms with Crippen LogP contribution in [0.4, 0.5) is 10.2 Å². The van der Waals surface area contributed by atoms with Gasteiger partial charge in [-0.15, -0.1) is 0 Å². The Hall–Kier alpha value is -7.85. The standard InChI is InChI=1S/C61H76FN11O7/c1-37(65-6)57(75)69-55(61(3,4)5)60(78)72-35-42-29-44(24-22-40(42)30-50(72)58(76)68-48-20-16-18-39-17-13-14-19-45(39)48)79-28-15-11-9-8-10-12-21-53(74)66-26-27-73-51-36-71(7)59(77)46-25-23-43(62)32-47(46)38(2)80-52-31-41(34-67-56(52)64)54(51)49(33-63)70-73/h13-14,17,19,22-25,29,31-32,34,37-38,48,50,55,65H,8-12,15-16,18,20-21,26-28,30,35-36H2,1-7H3,(H2,64,67)(H,66,74)(H,68,76)(H,69,75)/t37-,38-,48+,50?,55+/m1/s1. The molecule has 6 N–H and O–H groups in total. The molecule has 1 unspecified atom stereocenters. The highest BCUT2D eigenvalue weighted by Crippen LogP contribution is 2.37. The third kappa shape index (κ3) is 13.8. The Morgan fingerprint density at radius 3 is 2.49 bits per heavy atom. The highest BCUT2D eigenvalue weighted by Gasteiger charge is 2.43. The second-order valence-electron chi connectivity index (χ2n) is 22.4. The summed E-state index contributed by atoms with van der Waals surface area (Å²) in [5.74, 6) is -0.852. The summed E-state index contributed by atoms with van der Waals surface area (Å²) in [6, 6.07) is 19.5. The van der Waals surface area contributed by atoms with E-state index in [2.05, 4.69) is 49.6 Å². The first kappa shape index (κ1) is 58.3. The van der Waals surface area contributed by atoms with Crippen molar-refractivity contribution in [2.24, 2.45) is 5.41 Å². The number of aromatic nitrogens is 3. The minimum atomic E-state index is -0.884. The van der Waals surface area contributed by atoms with Crippen LogP contribution in [0.2, 0.25) is 0 Å². The number of pyridine rings is 1. The van der Waals surface area contributed by atoms with E-state index in [4.69, 9.17) is 15.2 Å². The zero-order valence-corrected chi connectivity index (χ0v) is 47.1. The molecule has 4 heterocycles. The van der Waals surface area contributed by atoms with Gasteiger partial charge in [0.15, 0.2) is 17.3 Å². The quantitative estimate of drug-likeness (QED) is 0.0499. The molecule has 8 rings (SSSR count). The van der Waals surface area contributed by atoms with Crippen molar-refractivity contribution < 1.29 is 37.8 Å². The van der Waals surface area contributed by atoms with Crippen LogP contribution in [0.5, 0.6) is 11.5 Å². The van der Waals surface area contributed by atoms with Gasteiger partial charge in [-0.1, -0.05) is 76.8 Å². The maximum absolute atomic E-state index is 14.8. The average molecular weight is 1090 g/mol. The van der Waals surface area contributed by atoms with Gasteiger partial charge < -0.3 is 46.3 Å². The van der Waals surface area contributed by atoms with Crippen LogP contribution in [-0.2, 0) is 51.7 Å². The lowest BCUT2D eigenvalue weighted by atomic mass is 9.83. The second-order valence-corrected chi connectivity index (χ2v) is 22.4. The zero-order valence-electron chi connectivity index (χ0n) is 47.1. The van der Waals surface area contributed by atoms with Gasteiger partial charge in [-0.25, -0.2) is 9.37 Å². The summed E-state index contributed by atoms with van der Waals surface area (Å²) < 4.78 is 28.5. The van der Waals surface area contributed by atoms with Crippen LogP contribution in [0.25, 0.3) is 11.1 Å². The highest BCUT2D eigenvalue weighted by atomic mass is 19.1. The van der Waals surface area contributed by atoms with Gasteiger partial charge in [-0.05, 0) is 117 Å². The first-order chi connectivity index (χ1) is 38.3. The van der Waals surface area contributed by atoms with E-state index < -0.39 is 35.5 Å². The fraction of sp³-hybridized carbons (Fsp3) is 0.475. The van der Waals surface area contributed by atoms with Crippen molar-refractivity contribution in [1.29, 1.82) is 5.26 Å². The summed E-state index contributed by atoms with van der Waals surface area (Å²) >= 11 is 0. The minimum absolute atomic E-state index is 0.0459. The number of rotatable bonds is 19. The lowest BCUT2D eigenvalue weighted by Gasteiger charge is -2.41. The van der Waals surface area contributed by atoms with Gasteiger partial charge >= 0.3 is 0 Å². The molecule has 5 amide bonds. The monoisotopic (exact) mass is 1090 g/mol. The van der Waals surface area contributed by atoms with Gasteiger partial charge in [0.05, 0.1) is 37.5 Å². The third-order valence-electron chi connectivity index (χ3n) is 15.6. The summed E-state index contributed by atoms with van der Waals surface area (Å²) in [6.45, 7) is 10.4. The van der Waals surface area contributed by atoms with Gasteiger partial charge in [0, 0.05) is 61.4 Å². The summed E-state index contributed by atoms with van der Waals surface area (Å²) in [4.78, 5) is 76.7. The first-order valence-corrected chi connectivity index (χ1v) is 28.0. The Morgan fingerprint density at radius 2 is 1.73 bits per heavy atom. The molecule has 5 aromatic rings. The number of anilines is 1. The van der Waals surface area contributed by atoms with Gasteiger partial charge in [0.2, 0.25) is 23.6 Å². The SMILES string of the molecule is CN[C@H](C)C(=O)N[C@@H](C(=O)N1Cc2cc(OCCCCCCCCC(=O)NCCn3nc(C#N)c4c3CN(C)C(=O)c3ccc(F)cc3[C@@H](C)Oc3cc-4cnc3N)ccc2CC1C(=O)N[C@H]1CCCc2ccccc21)C(C)(C)C. The molecule has 0 saturated carbocycles. The van der Waals surface area contributed by atoms with E-state index in [9.17, 15) is 33.6 Å². The molecule has 424 valence electrons. The predicted molar refractivity (Wildman–Crippen MR) is 301 cm³/mol. The number of ether oxygens (including phenoxy) is 2. The number of nitrogens with two attached hydrogens (primary N) is 1. The number of unbranched alkanes of at least 4 members (excludes halogenated alkanes) is 5. The summed E-state index contributed by atoms with van der Waals surface area (Å²) in [5, 5.41) is 27.1. The van der Waals surface area contributed by atoms with Crippen LogP contribution in [-0.4, -0.2) is 99.5 Å². The maximum Gasteiger partial charge on any atom is 0.254 e. The normalized spacial score (nSPS) is 17.6. The van der Waals surface area contributed by atoms with E-state index in [-0.39, 0.29) is 84.6 Å². The van der Waals surface area contributed by atoms with Gasteiger partial charge in [0.25, 0.3) is 5.91 Å². The van der Waals surface area contributed by atoms with Crippen LogP contribution in [0.3, 0.4) is 0 Å². The number of hydrogen-bond donors (Lipinski definition) is 5. The smallest absolute Gasteiger partial charge is 0.254 e. The molecule has 2 bridgehead atoms. The third-order valence-corrected chi connectivity index (χ3v) is 15.6. The number of benzene rings is 3. The molecule has 3 aromatic carbocycles. The van der Waals surface area contributed by atoms with Crippen LogP contribution >= 0.6 is 0 Å². The number of nitriles is 1. The number of fused-ring (bicyclic) bond motifs is 7. The minimum Gasteiger partial charge on any atom is -0.494 e. The van der Waals surface area contributed by atoms with Crippen molar-refractivity contribution in [1.82, 2.24) is 45.8 Å². The number of carbonyl (C=O) groups excluding carboxylic acids is 5. The Balaban J connectivity index is 0.814. The van der Waals surface area contributed by atoms with Crippen molar-refractivity contribution in [2.75, 3.05) is 33.0 Å². The van der Waals surface area contributed by atoms with Crippen molar-refractivity contribution in [3.8, 4) is 28.7 Å². The summed E-state index contributed by atoms with van der Waals surface area (Å²) in [6.07, 6.45) is 9.45. The maximum atomic E-state index is 14.8. The molecule has 0 fully saturated rings. The highest BCUT2D eigenvalue weighted by molar-refractivity contribution is 5.96. The van der Waals surface area contributed by atoms with Crippen LogP contribution < -0.4 is 36.5 Å². The number of likely N-dealkylation sites (N-methyl/N-ethyl adjacent to an activating group) is 1. The van der Waals surface area contributed by atoms with E-state index in [1.165, 1.54) is 34.9 Å². The van der Waals surface area contributed by atoms with Gasteiger partial charge in [-0.2, -0.15) is 10.4 Å². The average Bonchev–Trinajstić information content (AvgIpc) is 3.81. The van der Waals surface area contributed by atoms with E-state index in [0.717, 1.165) is 68.1 Å². The number of carbonyl (C=O) groups is 5. The topological polar surface area (TPSA) is 239 Å². The Bertz CT molecular complexity index is 3130. The van der Waals surface area contributed by atoms with Crippen LogP contribution in [0.15, 0.2) is 72.9 Å². The molecule has 5 atom stereocenters. The van der Waals surface area contributed by atoms with Crippen molar-refractivity contribution in [2.45, 2.75) is 155 Å². The molecule has 2 aromatic heterocycles. The van der Waals surface area contributed by atoms with Crippen molar-refractivity contribution in [3.05, 3.63) is 124 Å². The summed E-state index contributed by atoms with van der Waals surface area (Å²) in [5.41, 5.74) is 12.0. The molecule has 3 aliphatic rings. The second kappa shape index (κ2) is 26.0. The molecular formula is C61H76FN11O7. The largest absolute Gasteiger partial charge is 0.494 e. The zero-order chi connectivity index (χ0) is 57.3. The fourth-order valence-corrected chi connectivity index (χ4v) is 10.9. The molecule has 2 aliphatic heterocycles. The number of amides is 5.